The zero-order valence-electron chi connectivity index (χ0n) is 17.8. The molecule has 1 aromatic heterocycles. The van der Waals surface area contributed by atoms with E-state index in [2.05, 4.69) is 11.8 Å². The molecule has 0 unspecified atom stereocenters. The van der Waals surface area contributed by atoms with Gasteiger partial charge in [-0.05, 0) is 54.6 Å². The molecule has 2 heterocycles. The molecular weight excluding hydrogens is 450 g/mol. The Balaban J connectivity index is 1.63. The second-order valence-corrected chi connectivity index (χ2v) is 10.2. The molecule has 0 aliphatic carbocycles. The number of nitrogens with zero attached hydrogens (tertiary/aromatic N) is 3. The topological polar surface area (TPSA) is 45.7 Å². The first-order chi connectivity index (χ1) is 15.0. The first-order valence-electron chi connectivity index (χ1n) is 10.5. The lowest BCUT2D eigenvalue weighted by Crippen LogP contribution is -2.43. The van der Waals surface area contributed by atoms with Gasteiger partial charge in [-0.25, -0.2) is 4.98 Å². The first kappa shape index (κ1) is 22.6. The molecule has 2 aromatic carbocycles. The van der Waals surface area contributed by atoms with Crippen LogP contribution in [0.4, 0.5) is 5.13 Å². The average Bonchev–Trinajstić information content (AvgIpc) is 3.19. The van der Waals surface area contributed by atoms with Crippen molar-refractivity contribution in [3.05, 3.63) is 52.5 Å². The zero-order valence-corrected chi connectivity index (χ0v) is 20.2. The van der Waals surface area contributed by atoms with Crippen molar-refractivity contribution in [1.82, 2.24) is 9.88 Å². The molecular formula is C23H26ClN3O2S2. The van der Waals surface area contributed by atoms with Crippen LogP contribution in [0.15, 0.2) is 41.3 Å². The van der Waals surface area contributed by atoms with E-state index in [1.807, 2.05) is 48.2 Å². The van der Waals surface area contributed by atoms with Crippen molar-refractivity contribution in [2.45, 2.75) is 18.7 Å². The lowest BCUT2D eigenvalue weighted by atomic mass is 10.2. The van der Waals surface area contributed by atoms with Crippen molar-refractivity contribution in [3.63, 3.8) is 0 Å². The minimum absolute atomic E-state index is 0.0240. The molecule has 1 aliphatic heterocycles. The molecule has 4 rings (SSSR count). The number of benzene rings is 2. The number of hydrogen-bond acceptors (Lipinski definition) is 6. The summed E-state index contributed by atoms with van der Waals surface area (Å²) in [5.41, 5.74) is 2.60. The van der Waals surface area contributed by atoms with Crippen molar-refractivity contribution in [3.8, 4) is 0 Å². The molecule has 1 amide bonds. The highest BCUT2D eigenvalue weighted by atomic mass is 35.5. The van der Waals surface area contributed by atoms with E-state index in [1.165, 1.54) is 16.2 Å². The summed E-state index contributed by atoms with van der Waals surface area (Å²) in [5.74, 6) is 0.983. The van der Waals surface area contributed by atoms with Gasteiger partial charge in [-0.1, -0.05) is 29.9 Å². The number of hydrogen-bond donors (Lipinski definition) is 0. The number of aromatic nitrogens is 1. The third kappa shape index (κ3) is 5.41. The molecule has 3 aromatic rings. The van der Waals surface area contributed by atoms with Crippen molar-refractivity contribution in [1.29, 1.82) is 0 Å². The van der Waals surface area contributed by atoms with Crippen molar-refractivity contribution < 1.29 is 9.53 Å². The quantitative estimate of drug-likeness (QED) is 0.431. The van der Waals surface area contributed by atoms with E-state index in [1.54, 1.807) is 11.8 Å². The van der Waals surface area contributed by atoms with Gasteiger partial charge in [0.15, 0.2) is 5.13 Å². The molecule has 8 heteroatoms. The molecule has 0 radical (unpaired) electrons. The van der Waals surface area contributed by atoms with Crippen LogP contribution >= 0.6 is 34.7 Å². The van der Waals surface area contributed by atoms with E-state index in [0.29, 0.717) is 22.3 Å². The number of thiazole rings is 1. The normalized spacial score (nSPS) is 14.8. The van der Waals surface area contributed by atoms with Crippen LogP contribution in [-0.2, 0) is 4.74 Å². The smallest absolute Gasteiger partial charge is 0.260 e. The number of ether oxygens (including phenoxy) is 1. The number of thioether (sulfide) groups is 1. The maximum Gasteiger partial charge on any atom is 0.260 e. The Hall–Kier alpha value is -1.64. The number of amides is 1. The van der Waals surface area contributed by atoms with Gasteiger partial charge in [0.05, 0.1) is 23.4 Å². The summed E-state index contributed by atoms with van der Waals surface area (Å²) in [7, 11) is 0. The Morgan fingerprint density at radius 2 is 2.00 bits per heavy atom. The van der Waals surface area contributed by atoms with Crippen LogP contribution in [0.5, 0.6) is 0 Å². The maximum absolute atomic E-state index is 13.5. The molecule has 0 bridgehead atoms. The summed E-state index contributed by atoms with van der Waals surface area (Å²) in [6, 6.07) is 11.7. The molecule has 0 atom stereocenters. The fourth-order valence-corrected chi connectivity index (χ4v) is 5.73. The molecule has 5 nitrogen and oxygen atoms in total. The Morgan fingerprint density at radius 1 is 1.26 bits per heavy atom. The van der Waals surface area contributed by atoms with Crippen LogP contribution in [0.3, 0.4) is 0 Å². The summed E-state index contributed by atoms with van der Waals surface area (Å²) in [6.45, 7) is 8.75. The van der Waals surface area contributed by atoms with Crippen LogP contribution in [-0.4, -0.2) is 60.9 Å². The van der Waals surface area contributed by atoms with Gasteiger partial charge in [0.1, 0.15) is 0 Å². The van der Waals surface area contributed by atoms with Gasteiger partial charge in [-0.3, -0.25) is 14.6 Å². The van der Waals surface area contributed by atoms with Crippen LogP contribution in [0.25, 0.3) is 10.2 Å². The Bertz CT molecular complexity index is 1050. The number of carbonyl (C=O) groups is 1. The van der Waals surface area contributed by atoms with E-state index in [4.69, 9.17) is 21.3 Å². The lowest BCUT2D eigenvalue weighted by molar-refractivity contribution is 0.0391. The van der Waals surface area contributed by atoms with E-state index in [9.17, 15) is 4.79 Å². The zero-order chi connectivity index (χ0) is 21.8. The van der Waals surface area contributed by atoms with E-state index < -0.39 is 0 Å². The SMILES string of the molecule is CCSc1ccc(C(=O)N(CCN2CCOCC2)c2nc3c(C)cc(Cl)cc3s2)cc1. The van der Waals surface area contributed by atoms with E-state index >= 15 is 0 Å². The maximum atomic E-state index is 13.5. The summed E-state index contributed by atoms with van der Waals surface area (Å²) in [4.78, 5) is 23.7. The Morgan fingerprint density at radius 3 is 2.71 bits per heavy atom. The van der Waals surface area contributed by atoms with Crippen LogP contribution < -0.4 is 4.90 Å². The van der Waals surface area contributed by atoms with Crippen molar-refractivity contribution >= 4 is 56.0 Å². The summed E-state index contributed by atoms with van der Waals surface area (Å²) in [5, 5.41) is 1.40. The minimum atomic E-state index is -0.0240. The van der Waals surface area contributed by atoms with Gasteiger partial charge >= 0.3 is 0 Å². The number of rotatable bonds is 7. The summed E-state index contributed by atoms with van der Waals surface area (Å²) < 4.78 is 6.46. The van der Waals surface area contributed by atoms with Gasteiger partial charge in [0.25, 0.3) is 5.91 Å². The predicted octanol–water partition coefficient (Wildman–Crippen LogP) is 5.35. The number of aryl methyl sites for hydroxylation is 1. The van der Waals surface area contributed by atoms with Crippen molar-refractivity contribution in [2.75, 3.05) is 50.0 Å². The van der Waals surface area contributed by atoms with Gasteiger partial charge < -0.3 is 4.74 Å². The number of carbonyl (C=O) groups excluding carboxylic acids is 1. The molecule has 1 saturated heterocycles. The van der Waals surface area contributed by atoms with Crippen LogP contribution in [0.2, 0.25) is 5.02 Å². The minimum Gasteiger partial charge on any atom is -0.379 e. The van der Waals surface area contributed by atoms with Gasteiger partial charge in [-0.2, -0.15) is 0 Å². The number of halogens is 1. The highest BCUT2D eigenvalue weighted by Crippen LogP contribution is 2.33. The monoisotopic (exact) mass is 475 g/mol. The van der Waals surface area contributed by atoms with Gasteiger partial charge in [0.2, 0.25) is 0 Å². The molecule has 164 valence electrons. The molecule has 0 spiro atoms. The summed E-state index contributed by atoms with van der Waals surface area (Å²) >= 11 is 9.54. The second-order valence-electron chi connectivity index (χ2n) is 7.43. The Labute approximate surface area is 196 Å². The molecule has 31 heavy (non-hydrogen) atoms. The third-order valence-corrected chi connectivity index (χ3v) is 7.41. The fraction of sp³-hybridized carbons (Fsp3) is 0.391. The highest BCUT2D eigenvalue weighted by molar-refractivity contribution is 7.99. The Kier molecular flexibility index (Phi) is 7.51. The van der Waals surface area contributed by atoms with Crippen molar-refractivity contribution in [2.24, 2.45) is 0 Å². The van der Waals surface area contributed by atoms with E-state index in [-0.39, 0.29) is 5.91 Å². The largest absolute Gasteiger partial charge is 0.379 e. The number of morpholine rings is 1. The fourth-order valence-electron chi connectivity index (χ4n) is 3.62. The molecule has 1 fully saturated rings. The summed E-state index contributed by atoms with van der Waals surface area (Å²) in [6.07, 6.45) is 0. The lowest BCUT2D eigenvalue weighted by Gasteiger charge is -2.29. The van der Waals surface area contributed by atoms with Gasteiger partial charge in [0, 0.05) is 41.7 Å². The number of fused-ring (bicyclic) bond motifs is 1. The predicted molar refractivity (Wildman–Crippen MR) is 131 cm³/mol. The van der Waals surface area contributed by atoms with E-state index in [0.717, 1.165) is 54.4 Å². The molecule has 0 saturated carbocycles. The van der Waals surface area contributed by atoms with Gasteiger partial charge in [-0.15, -0.1) is 11.8 Å². The highest BCUT2D eigenvalue weighted by Gasteiger charge is 2.23. The average molecular weight is 476 g/mol. The third-order valence-electron chi connectivity index (χ3n) is 5.27. The van der Waals surface area contributed by atoms with Crippen LogP contribution in [0, 0.1) is 6.92 Å². The van der Waals surface area contributed by atoms with Crippen LogP contribution in [0.1, 0.15) is 22.8 Å². The molecule has 1 aliphatic rings. The second kappa shape index (κ2) is 10.3. The first-order valence-corrected chi connectivity index (χ1v) is 12.6. The standard InChI is InChI=1S/C23H26ClN3O2S2/c1-3-30-19-6-4-17(5-7-19)22(28)27(9-8-26-10-12-29-13-11-26)23-25-21-16(2)14-18(24)15-20(21)31-23/h4-7,14-15H,3,8-13H2,1-2H3. The number of anilines is 1. The molecule has 0 N–H and O–H groups in total.